The molecule has 17 heavy (non-hydrogen) atoms. The Kier molecular flexibility index (Phi) is 5.71. The van der Waals surface area contributed by atoms with Crippen LogP contribution in [-0.4, -0.2) is 62.0 Å². The Morgan fingerprint density at radius 2 is 2.00 bits per heavy atom. The molecule has 1 unspecified atom stereocenters. The van der Waals surface area contributed by atoms with Crippen LogP contribution in [0.5, 0.6) is 0 Å². The maximum Gasteiger partial charge on any atom is 0.0558 e. The second-order valence-corrected chi connectivity index (χ2v) is 5.33. The Morgan fingerprint density at radius 1 is 1.18 bits per heavy atom. The van der Waals surface area contributed by atoms with E-state index in [1.807, 2.05) is 0 Å². The summed E-state index contributed by atoms with van der Waals surface area (Å²) in [6.45, 7) is 6.30. The van der Waals surface area contributed by atoms with Crippen molar-refractivity contribution in [2.75, 3.05) is 46.0 Å². The zero-order valence-electron chi connectivity index (χ0n) is 10.7. The SMILES string of the molecule is OCCN(CC1CCOCC1)CC1CCCN1. The molecule has 100 valence electrons. The summed E-state index contributed by atoms with van der Waals surface area (Å²) in [7, 11) is 0. The summed E-state index contributed by atoms with van der Waals surface area (Å²) in [5.74, 6) is 0.761. The monoisotopic (exact) mass is 242 g/mol. The molecule has 2 fully saturated rings. The molecule has 2 N–H and O–H groups in total. The molecule has 2 heterocycles. The van der Waals surface area contributed by atoms with Crippen molar-refractivity contribution in [3.63, 3.8) is 0 Å². The smallest absolute Gasteiger partial charge is 0.0558 e. The standard InChI is InChI=1S/C13H26N2O2/c16-7-6-15(11-13-2-1-5-14-13)10-12-3-8-17-9-4-12/h12-14,16H,1-11H2. The third-order valence-electron chi connectivity index (χ3n) is 3.91. The van der Waals surface area contributed by atoms with E-state index in [2.05, 4.69) is 10.2 Å². The van der Waals surface area contributed by atoms with E-state index >= 15 is 0 Å². The maximum absolute atomic E-state index is 9.15. The van der Waals surface area contributed by atoms with Gasteiger partial charge in [0.25, 0.3) is 0 Å². The van der Waals surface area contributed by atoms with Gasteiger partial charge in [0.15, 0.2) is 0 Å². The predicted octanol–water partition coefficient (Wildman–Crippen LogP) is 0.459. The van der Waals surface area contributed by atoms with Crippen LogP contribution in [0.2, 0.25) is 0 Å². The van der Waals surface area contributed by atoms with Gasteiger partial charge in [-0.25, -0.2) is 0 Å². The number of aliphatic hydroxyl groups is 1. The highest BCUT2D eigenvalue weighted by atomic mass is 16.5. The van der Waals surface area contributed by atoms with Crippen molar-refractivity contribution in [3.8, 4) is 0 Å². The maximum atomic E-state index is 9.15. The molecular weight excluding hydrogens is 216 g/mol. The third-order valence-corrected chi connectivity index (χ3v) is 3.91. The third kappa shape index (κ3) is 4.54. The lowest BCUT2D eigenvalue weighted by atomic mass is 9.99. The molecule has 2 saturated heterocycles. The van der Waals surface area contributed by atoms with Gasteiger partial charge < -0.3 is 15.2 Å². The first-order chi connectivity index (χ1) is 8.38. The molecule has 0 amide bonds. The van der Waals surface area contributed by atoms with E-state index < -0.39 is 0 Å². The molecule has 0 aromatic heterocycles. The molecule has 0 bridgehead atoms. The van der Waals surface area contributed by atoms with E-state index in [9.17, 15) is 0 Å². The minimum absolute atomic E-state index is 0.274. The second kappa shape index (κ2) is 7.31. The molecule has 0 saturated carbocycles. The van der Waals surface area contributed by atoms with Gasteiger partial charge in [-0.15, -0.1) is 0 Å². The fourth-order valence-electron chi connectivity index (χ4n) is 2.92. The van der Waals surface area contributed by atoms with Gasteiger partial charge in [0.2, 0.25) is 0 Å². The van der Waals surface area contributed by atoms with E-state index in [1.54, 1.807) is 0 Å². The number of ether oxygens (including phenoxy) is 1. The normalized spacial score (nSPS) is 26.8. The first-order valence-corrected chi connectivity index (χ1v) is 7.03. The van der Waals surface area contributed by atoms with Crippen LogP contribution < -0.4 is 5.32 Å². The molecule has 0 aromatic rings. The van der Waals surface area contributed by atoms with Gasteiger partial charge in [-0.05, 0) is 38.1 Å². The van der Waals surface area contributed by atoms with Crippen LogP contribution in [0.15, 0.2) is 0 Å². The van der Waals surface area contributed by atoms with E-state index in [0.29, 0.717) is 6.04 Å². The van der Waals surface area contributed by atoms with Crippen molar-refractivity contribution in [1.29, 1.82) is 0 Å². The number of rotatable bonds is 6. The molecule has 0 radical (unpaired) electrons. The lowest BCUT2D eigenvalue weighted by molar-refractivity contribution is 0.0487. The van der Waals surface area contributed by atoms with Gasteiger partial charge in [-0.1, -0.05) is 0 Å². The lowest BCUT2D eigenvalue weighted by Crippen LogP contribution is -2.42. The summed E-state index contributed by atoms with van der Waals surface area (Å²) >= 11 is 0. The van der Waals surface area contributed by atoms with Gasteiger partial charge in [0, 0.05) is 38.9 Å². The Morgan fingerprint density at radius 3 is 2.65 bits per heavy atom. The quantitative estimate of drug-likeness (QED) is 0.710. The summed E-state index contributed by atoms with van der Waals surface area (Å²) in [6, 6.07) is 0.640. The number of hydrogen-bond acceptors (Lipinski definition) is 4. The molecule has 2 aliphatic heterocycles. The Labute approximate surface area is 104 Å². The van der Waals surface area contributed by atoms with Crippen LogP contribution in [-0.2, 0) is 4.74 Å². The van der Waals surface area contributed by atoms with Crippen molar-refractivity contribution in [3.05, 3.63) is 0 Å². The summed E-state index contributed by atoms with van der Waals surface area (Å²) in [4.78, 5) is 2.43. The lowest BCUT2D eigenvalue weighted by Gasteiger charge is -2.31. The van der Waals surface area contributed by atoms with E-state index in [-0.39, 0.29) is 6.61 Å². The molecule has 4 nitrogen and oxygen atoms in total. The number of hydrogen-bond donors (Lipinski definition) is 2. The number of aliphatic hydroxyl groups excluding tert-OH is 1. The zero-order valence-corrected chi connectivity index (χ0v) is 10.7. The molecule has 0 aliphatic carbocycles. The fourth-order valence-corrected chi connectivity index (χ4v) is 2.92. The van der Waals surface area contributed by atoms with Gasteiger partial charge in [-0.2, -0.15) is 0 Å². The largest absolute Gasteiger partial charge is 0.395 e. The summed E-state index contributed by atoms with van der Waals surface area (Å²) in [6.07, 6.45) is 4.95. The van der Waals surface area contributed by atoms with Crippen LogP contribution in [0.4, 0.5) is 0 Å². The van der Waals surface area contributed by atoms with Crippen LogP contribution >= 0.6 is 0 Å². The van der Waals surface area contributed by atoms with Crippen LogP contribution in [0.25, 0.3) is 0 Å². The molecule has 0 spiro atoms. The zero-order chi connectivity index (χ0) is 11.9. The van der Waals surface area contributed by atoms with Crippen molar-refractivity contribution in [2.24, 2.45) is 5.92 Å². The van der Waals surface area contributed by atoms with Gasteiger partial charge in [0.1, 0.15) is 0 Å². The van der Waals surface area contributed by atoms with Gasteiger partial charge in [-0.3, -0.25) is 4.90 Å². The van der Waals surface area contributed by atoms with Gasteiger partial charge in [0.05, 0.1) is 6.61 Å². The predicted molar refractivity (Wildman–Crippen MR) is 68.1 cm³/mol. The van der Waals surface area contributed by atoms with E-state index in [4.69, 9.17) is 9.84 Å². The molecule has 0 aromatic carbocycles. The Balaban J connectivity index is 1.74. The van der Waals surface area contributed by atoms with E-state index in [0.717, 1.165) is 45.3 Å². The first-order valence-electron chi connectivity index (χ1n) is 7.03. The Bertz CT molecular complexity index is 202. The minimum Gasteiger partial charge on any atom is -0.395 e. The molecule has 1 atom stereocenters. The van der Waals surface area contributed by atoms with Crippen LogP contribution in [0, 0.1) is 5.92 Å². The molecule has 2 rings (SSSR count). The summed E-state index contributed by atoms with van der Waals surface area (Å²) in [5, 5.41) is 12.7. The fraction of sp³-hybridized carbons (Fsp3) is 1.00. The Hall–Kier alpha value is -0.160. The number of nitrogens with one attached hydrogen (secondary N) is 1. The second-order valence-electron chi connectivity index (χ2n) is 5.33. The van der Waals surface area contributed by atoms with Crippen molar-refractivity contribution in [2.45, 2.75) is 31.7 Å². The minimum atomic E-state index is 0.274. The van der Waals surface area contributed by atoms with Crippen LogP contribution in [0.1, 0.15) is 25.7 Å². The topological polar surface area (TPSA) is 44.7 Å². The van der Waals surface area contributed by atoms with Gasteiger partial charge >= 0.3 is 0 Å². The molecule has 2 aliphatic rings. The highest BCUT2D eigenvalue weighted by Crippen LogP contribution is 2.17. The van der Waals surface area contributed by atoms with E-state index in [1.165, 1.54) is 25.7 Å². The van der Waals surface area contributed by atoms with Crippen molar-refractivity contribution < 1.29 is 9.84 Å². The van der Waals surface area contributed by atoms with Crippen LogP contribution in [0.3, 0.4) is 0 Å². The average Bonchev–Trinajstić information content (AvgIpc) is 2.83. The highest BCUT2D eigenvalue weighted by Gasteiger charge is 2.21. The first kappa shape index (κ1) is 13.3. The summed E-state index contributed by atoms with van der Waals surface area (Å²) < 4.78 is 5.39. The molecule has 4 heteroatoms. The van der Waals surface area contributed by atoms with Crippen molar-refractivity contribution in [1.82, 2.24) is 10.2 Å². The average molecular weight is 242 g/mol. The van der Waals surface area contributed by atoms with Crippen molar-refractivity contribution >= 4 is 0 Å². The summed E-state index contributed by atoms with van der Waals surface area (Å²) in [5.41, 5.74) is 0. The molecular formula is C13H26N2O2. The highest BCUT2D eigenvalue weighted by molar-refractivity contribution is 4.79. The number of nitrogens with zero attached hydrogens (tertiary/aromatic N) is 1.